The number of aromatic nitrogens is 4. The van der Waals surface area contributed by atoms with Crippen molar-refractivity contribution in [2.24, 2.45) is 5.11 Å². The van der Waals surface area contributed by atoms with E-state index in [1.54, 1.807) is 0 Å². The largest absolute Gasteiger partial charge is 0.388 e. The molecule has 0 aromatic carbocycles. The summed E-state index contributed by atoms with van der Waals surface area (Å²) in [5.74, 6) is 0. The summed E-state index contributed by atoms with van der Waals surface area (Å²) in [5, 5.41) is 23.3. The van der Waals surface area contributed by atoms with E-state index in [2.05, 4.69) is 25.0 Å². The van der Waals surface area contributed by atoms with Gasteiger partial charge in [-0.1, -0.05) is 5.11 Å². The van der Waals surface area contributed by atoms with Crippen LogP contribution in [0, 0.1) is 0 Å². The third kappa shape index (κ3) is 2.14. The molecule has 0 radical (unpaired) electrons. The van der Waals surface area contributed by atoms with E-state index in [1.165, 1.54) is 17.2 Å². The van der Waals surface area contributed by atoms with E-state index >= 15 is 0 Å². The molecule has 1 aliphatic rings. The molecule has 2 unspecified atom stereocenters. The lowest BCUT2D eigenvalue weighted by molar-refractivity contribution is -0.0321. The average Bonchev–Trinajstić information content (AvgIpc) is 3.02. The van der Waals surface area contributed by atoms with E-state index in [-0.39, 0.29) is 17.7 Å². The first kappa shape index (κ1) is 13.5. The quantitative estimate of drug-likeness (QED) is 0.375. The molecule has 11 heteroatoms. The molecule has 0 saturated carbocycles. The van der Waals surface area contributed by atoms with Crippen molar-refractivity contribution >= 4 is 11.2 Å². The van der Waals surface area contributed by atoms with Gasteiger partial charge in [-0.25, -0.2) is 9.97 Å². The summed E-state index contributed by atoms with van der Waals surface area (Å²) in [7, 11) is 0. The molecule has 0 spiro atoms. The summed E-state index contributed by atoms with van der Waals surface area (Å²) in [6.45, 7) is -0.119. The van der Waals surface area contributed by atoms with E-state index in [4.69, 9.17) is 10.3 Å². The van der Waals surface area contributed by atoms with E-state index < -0.39 is 30.1 Å². The fraction of sp³-hybridized carbons (Fsp3) is 0.500. The molecule has 2 aromatic rings. The molecule has 0 aliphatic carbocycles. The third-order valence-electron chi connectivity index (χ3n) is 3.30. The summed E-state index contributed by atoms with van der Waals surface area (Å²) in [6, 6.07) is 0. The van der Waals surface area contributed by atoms with E-state index in [0.29, 0.717) is 0 Å². The number of H-pyrrole nitrogens is 1. The maximum Gasteiger partial charge on any atom is 0.278 e. The number of fused-ring (bicyclic) bond motifs is 1. The van der Waals surface area contributed by atoms with Crippen molar-refractivity contribution in [1.29, 1.82) is 0 Å². The van der Waals surface area contributed by atoms with Crippen molar-refractivity contribution in [3.8, 4) is 0 Å². The van der Waals surface area contributed by atoms with Gasteiger partial charge in [0.2, 0.25) is 0 Å². The van der Waals surface area contributed by atoms with Gasteiger partial charge in [-0.05, 0) is 5.53 Å². The molecular formula is C10H11N7O4. The Hall–Kier alpha value is -2.46. The van der Waals surface area contributed by atoms with Gasteiger partial charge in [0.15, 0.2) is 17.4 Å². The van der Waals surface area contributed by atoms with Crippen LogP contribution in [0.15, 0.2) is 22.6 Å². The fourth-order valence-electron chi connectivity index (χ4n) is 2.28. The van der Waals surface area contributed by atoms with Crippen molar-refractivity contribution in [3.05, 3.63) is 33.5 Å². The number of nitrogens with one attached hydrogen (secondary N) is 1. The van der Waals surface area contributed by atoms with Crippen molar-refractivity contribution in [1.82, 2.24) is 19.5 Å². The van der Waals surface area contributed by atoms with Crippen LogP contribution in [-0.2, 0) is 4.74 Å². The summed E-state index contributed by atoms with van der Waals surface area (Å²) in [4.78, 5) is 24.4. The second-order valence-electron chi connectivity index (χ2n) is 4.52. The van der Waals surface area contributed by atoms with Gasteiger partial charge in [0.1, 0.15) is 12.2 Å². The van der Waals surface area contributed by atoms with Gasteiger partial charge in [0, 0.05) is 4.91 Å². The molecule has 1 aliphatic heterocycles. The Kier molecular flexibility index (Phi) is 3.31. The first-order valence-corrected chi connectivity index (χ1v) is 6.06. The van der Waals surface area contributed by atoms with Crippen LogP contribution in [0.3, 0.4) is 0 Å². The van der Waals surface area contributed by atoms with Gasteiger partial charge in [-0.15, -0.1) is 0 Å². The minimum absolute atomic E-state index is 0.0984. The van der Waals surface area contributed by atoms with Crippen LogP contribution in [0.2, 0.25) is 0 Å². The minimum Gasteiger partial charge on any atom is -0.388 e. The third-order valence-corrected chi connectivity index (χ3v) is 3.30. The van der Waals surface area contributed by atoms with E-state index in [0.717, 1.165) is 0 Å². The van der Waals surface area contributed by atoms with Crippen LogP contribution in [0.25, 0.3) is 21.6 Å². The van der Waals surface area contributed by atoms with Crippen LogP contribution in [-0.4, -0.2) is 54.6 Å². The molecule has 1 fully saturated rings. The second-order valence-corrected chi connectivity index (χ2v) is 4.52. The predicted octanol–water partition coefficient (Wildman–Crippen LogP) is -0.951. The number of aliphatic hydroxyl groups excluding tert-OH is 2. The number of rotatable bonds is 3. The number of aliphatic hydroxyl groups is 2. The van der Waals surface area contributed by atoms with Gasteiger partial charge < -0.3 is 19.9 Å². The zero-order valence-corrected chi connectivity index (χ0v) is 10.6. The lowest BCUT2D eigenvalue weighted by atomic mass is 10.1. The summed E-state index contributed by atoms with van der Waals surface area (Å²) >= 11 is 0. The number of hydrogen-bond acceptors (Lipinski definition) is 7. The van der Waals surface area contributed by atoms with Gasteiger partial charge in [-0.3, -0.25) is 9.36 Å². The zero-order chi connectivity index (χ0) is 15.0. The highest BCUT2D eigenvalue weighted by atomic mass is 16.6. The van der Waals surface area contributed by atoms with Crippen molar-refractivity contribution in [2.75, 3.05) is 6.54 Å². The van der Waals surface area contributed by atoms with Crippen LogP contribution >= 0.6 is 0 Å². The Morgan fingerprint density at radius 2 is 2.29 bits per heavy atom. The molecule has 1 saturated heterocycles. The highest BCUT2D eigenvalue weighted by molar-refractivity contribution is 5.68. The number of azide groups is 1. The van der Waals surface area contributed by atoms with Crippen LogP contribution in [0.5, 0.6) is 0 Å². The predicted molar refractivity (Wildman–Crippen MR) is 68.1 cm³/mol. The Labute approximate surface area is 116 Å². The molecular weight excluding hydrogens is 282 g/mol. The highest BCUT2D eigenvalue weighted by Gasteiger charge is 2.43. The number of hydrogen-bond donors (Lipinski definition) is 3. The molecule has 3 heterocycles. The molecule has 110 valence electrons. The maximum absolute atomic E-state index is 11.6. The van der Waals surface area contributed by atoms with Crippen LogP contribution in [0.1, 0.15) is 6.23 Å². The van der Waals surface area contributed by atoms with Gasteiger partial charge >= 0.3 is 0 Å². The summed E-state index contributed by atoms with van der Waals surface area (Å²) in [6.07, 6.45) is -1.80. The Balaban J connectivity index is 1.97. The van der Waals surface area contributed by atoms with Gasteiger partial charge in [0.05, 0.1) is 25.3 Å². The minimum atomic E-state index is -1.26. The Morgan fingerprint density at radius 3 is 3.05 bits per heavy atom. The average molecular weight is 293 g/mol. The standard InChI is InChI=1S/C10H11N7O4/c11-16-15-1-4-6(18)7(19)10(21-4)17-3-14-5-8(17)12-2-13-9(5)20/h2-4,6-7,10,18-19H,1H2,(H,12,13,20)/t4-,6?,7?,10-/m1/s1. The first-order valence-electron chi connectivity index (χ1n) is 6.06. The molecule has 11 nitrogen and oxygen atoms in total. The first-order chi connectivity index (χ1) is 10.1. The van der Waals surface area contributed by atoms with Gasteiger partial charge in [-0.2, -0.15) is 0 Å². The van der Waals surface area contributed by atoms with Gasteiger partial charge in [0.25, 0.3) is 5.56 Å². The Bertz CT molecular complexity index is 764. The number of nitrogens with zero attached hydrogens (tertiary/aromatic N) is 6. The lowest BCUT2D eigenvalue weighted by Crippen LogP contribution is -2.32. The second kappa shape index (κ2) is 5.14. The zero-order valence-electron chi connectivity index (χ0n) is 10.6. The summed E-state index contributed by atoms with van der Waals surface area (Å²) in [5.41, 5.74) is 8.20. The van der Waals surface area contributed by atoms with Crippen LogP contribution in [0.4, 0.5) is 0 Å². The smallest absolute Gasteiger partial charge is 0.278 e. The number of aromatic amines is 1. The van der Waals surface area contributed by atoms with Crippen molar-refractivity contribution in [2.45, 2.75) is 24.5 Å². The fourth-order valence-corrected chi connectivity index (χ4v) is 2.28. The topological polar surface area (TPSA) is 162 Å². The molecule has 21 heavy (non-hydrogen) atoms. The maximum atomic E-state index is 11.6. The molecule has 4 atom stereocenters. The Morgan fingerprint density at radius 1 is 1.48 bits per heavy atom. The molecule has 3 rings (SSSR count). The molecule has 0 amide bonds. The van der Waals surface area contributed by atoms with Crippen LogP contribution < -0.4 is 5.56 Å². The number of ether oxygens (including phenoxy) is 1. The molecule has 0 bridgehead atoms. The molecule has 3 N–H and O–H groups in total. The molecule has 2 aromatic heterocycles. The number of imidazole rings is 1. The van der Waals surface area contributed by atoms with E-state index in [9.17, 15) is 15.0 Å². The monoisotopic (exact) mass is 293 g/mol. The SMILES string of the molecule is [N-]=[N+]=NC[C@H]1O[C@@H](n2cnc3c(=O)[nH]cnc32)C(O)C1O. The highest BCUT2D eigenvalue weighted by Crippen LogP contribution is 2.30. The normalized spacial score (nSPS) is 28.7. The van der Waals surface area contributed by atoms with E-state index in [1.807, 2.05) is 0 Å². The summed E-state index contributed by atoms with van der Waals surface area (Å²) < 4.78 is 6.84. The van der Waals surface area contributed by atoms with Crippen molar-refractivity contribution < 1.29 is 14.9 Å². The van der Waals surface area contributed by atoms with Crippen molar-refractivity contribution in [3.63, 3.8) is 0 Å². The lowest BCUT2D eigenvalue weighted by Gasteiger charge is -2.16.